The molecule has 0 bridgehead atoms. The van der Waals surface area contributed by atoms with Crippen LogP contribution in [0.2, 0.25) is 5.02 Å². The summed E-state index contributed by atoms with van der Waals surface area (Å²) in [7, 11) is 0. The fraction of sp³-hybridized carbons (Fsp3) is 0.333. The first-order valence-corrected chi connectivity index (χ1v) is 4.54. The fourth-order valence-corrected chi connectivity index (χ4v) is 1.34. The summed E-state index contributed by atoms with van der Waals surface area (Å²) in [5, 5.41) is -0.0437. The van der Waals surface area contributed by atoms with E-state index in [1.165, 1.54) is 12.1 Å². The van der Waals surface area contributed by atoms with Crippen LogP contribution >= 0.6 is 11.6 Å². The Morgan fingerprint density at radius 2 is 2.14 bits per heavy atom. The highest BCUT2D eigenvalue weighted by molar-refractivity contribution is 6.30. The molecule has 0 unspecified atom stereocenters. The lowest BCUT2D eigenvalue weighted by Crippen LogP contribution is -2.03. The van der Waals surface area contributed by atoms with E-state index in [0.29, 0.717) is 19.4 Å². The van der Waals surface area contributed by atoms with Crippen molar-refractivity contribution in [1.29, 1.82) is 0 Å². The molecule has 1 aromatic rings. The summed E-state index contributed by atoms with van der Waals surface area (Å²) >= 11 is 5.54. The molecule has 2 nitrogen and oxygen atoms in total. The maximum absolute atomic E-state index is 13.4. The summed E-state index contributed by atoms with van der Waals surface area (Å²) in [5.41, 5.74) is 5.40. The van der Waals surface area contributed by atoms with E-state index in [-0.39, 0.29) is 16.3 Å². The van der Waals surface area contributed by atoms with Gasteiger partial charge in [0.1, 0.15) is 5.82 Å². The molecule has 0 saturated carbocycles. The van der Waals surface area contributed by atoms with Gasteiger partial charge >= 0.3 is 0 Å². The molecule has 0 heterocycles. The van der Waals surface area contributed by atoms with Crippen molar-refractivity contribution < 1.29 is 13.9 Å². The minimum Gasteiger partial charge on any atom is -0.330 e. The van der Waals surface area contributed by atoms with Gasteiger partial charge in [-0.3, -0.25) is 4.94 Å². The number of rotatable bonds is 4. The van der Waals surface area contributed by atoms with Crippen LogP contribution in [0.15, 0.2) is 12.1 Å². The van der Waals surface area contributed by atoms with Gasteiger partial charge in [-0.05, 0) is 31.5 Å². The Bertz CT molecular complexity index is 320. The van der Waals surface area contributed by atoms with Gasteiger partial charge in [0.25, 0.3) is 0 Å². The van der Waals surface area contributed by atoms with E-state index >= 15 is 0 Å². The number of halogens is 3. The normalized spacial score (nSPS) is 10.3. The van der Waals surface area contributed by atoms with Crippen molar-refractivity contribution in [2.24, 2.45) is 5.73 Å². The Morgan fingerprint density at radius 3 is 2.71 bits per heavy atom. The molecule has 0 aliphatic heterocycles. The number of nitrogens with two attached hydrogens (primary N) is 1. The monoisotopic (exact) mass is 221 g/mol. The summed E-state index contributed by atoms with van der Waals surface area (Å²) in [5.74, 6) is -0.782. The van der Waals surface area contributed by atoms with Crippen molar-refractivity contribution in [3.8, 4) is 5.75 Å². The third-order valence-corrected chi connectivity index (χ3v) is 2.16. The molecule has 0 fully saturated rings. The molecule has 78 valence electrons. The molecule has 0 aromatic heterocycles. The SMILES string of the molecule is NCCCc1c(OF)ccc(Cl)c1F. The molecule has 0 spiro atoms. The fourth-order valence-electron chi connectivity index (χ4n) is 1.16. The van der Waals surface area contributed by atoms with Crippen LogP contribution < -0.4 is 10.7 Å². The predicted octanol–water partition coefficient (Wildman–Crippen LogP) is 2.63. The second kappa shape index (κ2) is 5.12. The molecule has 0 aliphatic rings. The van der Waals surface area contributed by atoms with Gasteiger partial charge in [-0.25, -0.2) is 4.39 Å². The summed E-state index contributed by atoms with van der Waals surface area (Å²) in [6.07, 6.45) is 0.857. The molecular weight excluding hydrogens is 212 g/mol. The molecule has 1 aromatic carbocycles. The first-order chi connectivity index (χ1) is 6.70. The highest BCUT2D eigenvalue weighted by atomic mass is 35.5. The second-order valence-corrected chi connectivity index (χ2v) is 3.21. The first-order valence-electron chi connectivity index (χ1n) is 4.16. The average molecular weight is 222 g/mol. The topological polar surface area (TPSA) is 35.2 Å². The van der Waals surface area contributed by atoms with Gasteiger partial charge in [0.05, 0.1) is 5.02 Å². The van der Waals surface area contributed by atoms with E-state index in [9.17, 15) is 8.92 Å². The Hall–Kier alpha value is -0.870. The largest absolute Gasteiger partial charge is 0.330 e. The Morgan fingerprint density at radius 1 is 1.43 bits per heavy atom. The van der Waals surface area contributed by atoms with E-state index in [4.69, 9.17) is 17.3 Å². The number of hydrogen-bond acceptors (Lipinski definition) is 2. The molecule has 14 heavy (non-hydrogen) atoms. The van der Waals surface area contributed by atoms with Gasteiger partial charge in [0.15, 0.2) is 5.75 Å². The van der Waals surface area contributed by atoms with Crippen LogP contribution in [0.1, 0.15) is 12.0 Å². The van der Waals surface area contributed by atoms with Crippen molar-refractivity contribution in [2.45, 2.75) is 12.8 Å². The van der Waals surface area contributed by atoms with Crippen LogP contribution in [-0.2, 0) is 6.42 Å². The third kappa shape index (κ3) is 2.33. The quantitative estimate of drug-likeness (QED) is 0.848. The van der Waals surface area contributed by atoms with Gasteiger partial charge in [-0.15, -0.1) is 0 Å². The van der Waals surface area contributed by atoms with Crippen molar-refractivity contribution >= 4 is 11.6 Å². The molecular formula is C9H10ClF2NO. The molecule has 2 N–H and O–H groups in total. The Kier molecular flexibility index (Phi) is 4.10. The van der Waals surface area contributed by atoms with E-state index in [1.54, 1.807) is 0 Å². The minimum atomic E-state index is -0.643. The molecule has 0 aliphatic carbocycles. The maximum Gasteiger partial charge on any atom is 0.178 e. The number of benzene rings is 1. The van der Waals surface area contributed by atoms with E-state index in [1.807, 2.05) is 0 Å². The standard InChI is InChI=1S/C9H10ClF2NO/c10-7-3-4-8(14-12)6(9(7)11)2-1-5-13/h3-4H,1-2,5,13H2. The van der Waals surface area contributed by atoms with Crippen LogP contribution in [0.5, 0.6) is 5.75 Å². The second-order valence-electron chi connectivity index (χ2n) is 2.81. The van der Waals surface area contributed by atoms with Crippen LogP contribution in [-0.4, -0.2) is 6.54 Å². The summed E-state index contributed by atoms with van der Waals surface area (Å²) in [6, 6.07) is 2.54. The zero-order chi connectivity index (χ0) is 10.6. The lowest BCUT2D eigenvalue weighted by Gasteiger charge is -2.06. The van der Waals surface area contributed by atoms with Gasteiger partial charge in [-0.2, -0.15) is 0 Å². The van der Waals surface area contributed by atoms with Gasteiger partial charge in [-0.1, -0.05) is 11.6 Å². The van der Waals surface area contributed by atoms with E-state index in [2.05, 4.69) is 4.94 Å². The number of hydrogen-bond donors (Lipinski definition) is 1. The summed E-state index contributed by atoms with van der Waals surface area (Å²) in [6.45, 7) is 0.400. The van der Waals surface area contributed by atoms with Gasteiger partial charge in [0.2, 0.25) is 0 Å². The van der Waals surface area contributed by atoms with Crippen molar-refractivity contribution in [2.75, 3.05) is 6.54 Å². The Balaban J connectivity index is 3.01. The third-order valence-electron chi connectivity index (χ3n) is 1.87. The van der Waals surface area contributed by atoms with E-state index in [0.717, 1.165) is 0 Å². The van der Waals surface area contributed by atoms with Crippen LogP contribution in [0.4, 0.5) is 8.92 Å². The molecule has 0 radical (unpaired) electrons. The van der Waals surface area contributed by atoms with Crippen LogP contribution in [0.3, 0.4) is 0 Å². The molecule has 0 atom stereocenters. The minimum absolute atomic E-state index is 0.0437. The predicted molar refractivity (Wildman–Crippen MR) is 50.5 cm³/mol. The maximum atomic E-state index is 13.4. The summed E-state index contributed by atoms with van der Waals surface area (Å²) in [4.78, 5) is 3.54. The van der Waals surface area contributed by atoms with Crippen molar-refractivity contribution in [3.63, 3.8) is 0 Å². The average Bonchev–Trinajstić information content (AvgIpc) is 2.20. The van der Waals surface area contributed by atoms with E-state index < -0.39 is 5.82 Å². The highest BCUT2D eigenvalue weighted by Crippen LogP contribution is 2.28. The molecule has 1 rings (SSSR count). The molecule has 5 heteroatoms. The van der Waals surface area contributed by atoms with Gasteiger partial charge < -0.3 is 5.73 Å². The highest BCUT2D eigenvalue weighted by Gasteiger charge is 2.13. The zero-order valence-electron chi connectivity index (χ0n) is 7.40. The smallest absolute Gasteiger partial charge is 0.178 e. The lowest BCUT2D eigenvalue weighted by molar-refractivity contribution is -0.00777. The Labute approximate surface area is 85.5 Å². The van der Waals surface area contributed by atoms with Crippen molar-refractivity contribution in [3.05, 3.63) is 28.5 Å². The zero-order valence-corrected chi connectivity index (χ0v) is 8.15. The van der Waals surface area contributed by atoms with Crippen molar-refractivity contribution in [1.82, 2.24) is 0 Å². The van der Waals surface area contributed by atoms with Crippen LogP contribution in [0, 0.1) is 5.82 Å². The lowest BCUT2D eigenvalue weighted by atomic mass is 10.1. The first kappa shape index (κ1) is 11.2. The molecule has 0 amide bonds. The summed E-state index contributed by atoms with van der Waals surface area (Å²) < 4.78 is 25.3. The van der Waals surface area contributed by atoms with Gasteiger partial charge in [0, 0.05) is 10.1 Å². The van der Waals surface area contributed by atoms with Crippen LogP contribution in [0.25, 0.3) is 0 Å². The molecule has 0 saturated heterocycles.